The summed E-state index contributed by atoms with van der Waals surface area (Å²) in [6.07, 6.45) is 1.30. The number of nitrogens with two attached hydrogens (primary N) is 1. The highest BCUT2D eigenvalue weighted by molar-refractivity contribution is 5.86. The molecule has 2 aromatic carbocycles. The Morgan fingerprint density at radius 2 is 2.00 bits per heavy atom. The second-order valence-corrected chi connectivity index (χ2v) is 5.24. The summed E-state index contributed by atoms with van der Waals surface area (Å²) in [6.45, 7) is 2.96. The number of hydrazine groups is 1. The van der Waals surface area contributed by atoms with Crippen molar-refractivity contribution in [3.63, 3.8) is 0 Å². The van der Waals surface area contributed by atoms with E-state index in [-0.39, 0.29) is 12.1 Å². The molecule has 0 spiro atoms. The topological polar surface area (TPSA) is 47.3 Å². The van der Waals surface area contributed by atoms with Gasteiger partial charge in [0.1, 0.15) is 0 Å². The minimum atomic E-state index is 0.142. The van der Waals surface area contributed by atoms with E-state index in [1.54, 1.807) is 0 Å². The van der Waals surface area contributed by atoms with Crippen LogP contribution in [0.4, 0.5) is 0 Å². The maximum atomic E-state index is 5.83. The van der Waals surface area contributed by atoms with Crippen molar-refractivity contribution in [2.75, 3.05) is 6.61 Å². The third-order valence-electron chi connectivity index (χ3n) is 4.20. The summed E-state index contributed by atoms with van der Waals surface area (Å²) in [5.74, 6) is 6.26. The third kappa shape index (κ3) is 2.25. The van der Waals surface area contributed by atoms with E-state index >= 15 is 0 Å². The van der Waals surface area contributed by atoms with Gasteiger partial charge in [-0.25, -0.2) is 0 Å². The molecule has 3 atom stereocenters. The molecule has 2 aromatic rings. The van der Waals surface area contributed by atoms with Crippen LogP contribution in [0.25, 0.3) is 10.8 Å². The van der Waals surface area contributed by atoms with Gasteiger partial charge in [-0.05, 0) is 29.7 Å². The molecule has 3 nitrogen and oxygen atoms in total. The molecule has 0 radical (unpaired) electrons. The van der Waals surface area contributed by atoms with Crippen LogP contribution >= 0.6 is 0 Å². The highest BCUT2D eigenvalue weighted by atomic mass is 16.5. The Morgan fingerprint density at radius 3 is 2.74 bits per heavy atom. The van der Waals surface area contributed by atoms with Crippen molar-refractivity contribution < 1.29 is 4.74 Å². The molecule has 3 rings (SSSR count). The normalized spacial score (nSPS) is 24.7. The Hall–Kier alpha value is -1.42. The maximum absolute atomic E-state index is 5.83. The lowest BCUT2D eigenvalue weighted by atomic mass is 9.86. The Morgan fingerprint density at radius 1 is 1.21 bits per heavy atom. The summed E-state index contributed by atoms with van der Waals surface area (Å²) in [5.41, 5.74) is 4.27. The van der Waals surface area contributed by atoms with E-state index in [2.05, 4.69) is 54.8 Å². The van der Waals surface area contributed by atoms with Gasteiger partial charge in [-0.1, -0.05) is 42.5 Å². The van der Waals surface area contributed by atoms with Crippen molar-refractivity contribution in [1.29, 1.82) is 0 Å². The first-order chi connectivity index (χ1) is 9.31. The summed E-state index contributed by atoms with van der Waals surface area (Å²) in [7, 11) is 0. The van der Waals surface area contributed by atoms with E-state index in [4.69, 9.17) is 10.6 Å². The molecule has 3 unspecified atom stereocenters. The molecule has 3 heteroatoms. The number of hydrogen-bond acceptors (Lipinski definition) is 3. The Balaban J connectivity index is 2.06. The van der Waals surface area contributed by atoms with E-state index in [1.165, 1.54) is 16.3 Å². The van der Waals surface area contributed by atoms with E-state index < -0.39 is 0 Å². The summed E-state index contributed by atoms with van der Waals surface area (Å²) in [4.78, 5) is 0. The molecular weight excluding hydrogens is 236 g/mol. The summed E-state index contributed by atoms with van der Waals surface area (Å²) in [5, 5.41) is 2.53. The first-order valence-electron chi connectivity index (χ1n) is 6.86. The fourth-order valence-corrected chi connectivity index (χ4v) is 3.15. The van der Waals surface area contributed by atoms with Crippen LogP contribution in [0.2, 0.25) is 0 Å². The van der Waals surface area contributed by atoms with E-state index in [1.807, 2.05) is 0 Å². The fraction of sp³-hybridized carbons (Fsp3) is 0.375. The lowest BCUT2D eigenvalue weighted by Gasteiger charge is -2.26. The third-order valence-corrected chi connectivity index (χ3v) is 4.20. The van der Waals surface area contributed by atoms with Crippen LogP contribution < -0.4 is 11.3 Å². The highest BCUT2D eigenvalue weighted by Crippen LogP contribution is 2.35. The smallest absolute Gasteiger partial charge is 0.0594 e. The quantitative estimate of drug-likeness (QED) is 0.655. The molecule has 3 N–H and O–H groups in total. The number of fused-ring (bicyclic) bond motifs is 1. The molecule has 1 aliphatic heterocycles. The van der Waals surface area contributed by atoms with Crippen LogP contribution in [0.15, 0.2) is 42.5 Å². The molecule has 0 aromatic heterocycles. The van der Waals surface area contributed by atoms with Gasteiger partial charge in [0.05, 0.1) is 12.1 Å². The van der Waals surface area contributed by atoms with Crippen molar-refractivity contribution in [1.82, 2.24) is 5.43 Å². The molecule has 1 saturated heterocycles. The number of hydrogen-bond donors (Lipinski definition) is 2. The molecule has 0 aliphatic carbocycles. The summed E-state index contributed by atoms with van der Waals surface area (Å²) >= 11 is 0. The Bertz CT molecular complexity index is 564. The van der Waals surface area contributed by atoms with E-state index in [0.717, 1.165) is 13.0 Å². The second kappa shape index (κ2) is 5.29. The molecule has 1 aliphatic rings. The van der Waals surface area contributed by atoms with Crippen molar-refractivity contribution in [3.8, 4) is 0 Å². The van der Waals surface area contributed by atoms with Crippen molar-refractivity contribution in [3.05, 3.63) is 48.0 Å². The highest BCUT2D eigenvalue weighted by Gasteiger charge is 2.32. The SMILES string of the molecule is CC1OCCC1C(NN)c1cccc2ccccc12. The lowest BCUT2D eigenvalue weighted by Crippen LogP contribution is -2.36. The first kappa shape index (κ1) is 12.6. The minimum absolute atomic E-state index is 0.142. The summed E-state index contributed by atoms with van der Waals surface area (Å²) in [6, 6.07) is 15.0. The maximum Gasteiger partial charge on any atom is 0.0594 e. The molecule has 0 saturated carbocycles. The number of ether oxygens (including phenoxy) is 1. The van der Waals surface area contributed by atoms with Gasteiger partial charge in [0, 0.05) is 12.5 Å². The minimum Gasteiger partial charge on any atom is -0.378 e. The van der Waals surface area contributed by atoms with Gasteiger partial charge in [-0.2, -0.15) is 0 Å². The average Bonchev–Trinajstić information content (AvgIpc) is 2.86. The van der Waals surface area contributed by atoms with Crippen LogP contribution in [0.3, 0.4) is 0 Å². The number of benzene rings is 2. The Kier molecular flexibility index (Phi) is 3.51. The zero-order valence-electron chi connectivity index (χ0n) is 11.2. The van der Waals surface area contributed by atoms with E-state index in [9.17, 15) is 0 Å². The molecule has 100 valence electrons. The Labute approximate surface area is 113 Å². The van der Waals surface area contributed by atoms with Crippen molar-refractivity contribution >= 4 is 10.8 Å². The van der Waals surface area contributed by atoms with Crippen molar-refractivity contribution in [2.45, 2.75) is 25.5 Å². The van der Waals surface area contributed by atoms with Gasteiger partial charge in [0.15, 0.2) is 0 Å². The van der Waals surface area contributed by atoms with Gasteiger partial charge >= 0.3 is 0 Å². The first-order valence-corrected chi connectivity index (χ1v) is 6.86. The zero-order valence-corrected chi connectivity index (χ0v) is 11.2. The predicted molar refractivity (Wildman–Crippen MR) is 77.5 cm³/mol. The van der Waals surface area contributed by atoms with Crippen LogP contribution in [0, 0.1) is 5.92 Å². The molecule has 19 heavy (non-hydrogen) atoms. The number of rotatable bonds is 3. The van der Waals surface area contributed by atoms with Gasteiger partial charge in [-0.3, -0.25) is 11.3 Å². The monoisotopic (exact) mass is 256 g/mol. The molecular formula is C16H20N2O. The largest absolute Gasteiger partial charge is 0.378 e. The number of nitrogens with one attached hydrogen (secondary N) is 1. The van der Waals surface area contributed by atoms with Gasteiger partial charge in [0.25, 0.3) is 0 Å². The van der Waals surface area contributed by atoms with Gasteiger partial charge in [-0.15, -0.1) is 0 Å². The lowest BCUT2D eigenvalue weighted by molar-refractivity contribution is 0.0955. The van der Waals surface area contributed by atoms with Crippen molar-refractivity contribution in [2.24, 2.45) is 11.8 Å². The van der Waals surface area contributed by atoms with Crippen LogP contribution in [0.1, 0.15) is 24.9 Å². The van der Waals surface area contributed by atoms with Crippen LogP contribution in [-0.4, -0.2) is 12.7 Å². The molecule has 0 bridgehead atoms. The molecule has 1 fully saturated rings. The zero-order chi connectivity index (χ0) is 13.2. The standard InChI is InChI=1S/C16H20N2O/c1-11-13(9-10-19-11)16(18-17)15-8-4-6-12-5-2-3-7-14(12)15/h2-8,11,13,16,18H,9-10,17H2,1H3. The molecule has 0 amide bonds. The second-order valence-electron chi connectivity index (χ2n) is 5.24. The fourth-order valence-electron chi connectivity index (χ4n) is 3.15. The average molecular weight is 256 g/mol. The van der Waals surface area contributed by atoms with Crippen LogP contribution in [0.5, 0.6) is 0 Å². The predicted octanol–water partition coefficient (Wildman–Crippen LogP) is 2.77. The van der Waals surface area contributed by atoms with Gasteiger partial charge in [0.2, 0.25) is 0 Å². The van der Waals surface area contributed by atoms with E-state index in [0.29, 0.717) is 5.92 Å². The van der Waals surface area contributed by atoms with Crippen LogP contribution in [-0.2, 0) is 4.74 Å². The molecule has 1 heterocycles. The van der Waals surface area contributed by atoms with Gasteiger partial charge < -0.3 is 4.74 Å². The summed E-state index contributed by atoms with van der Waals surface area (Å²) < 4.78 is 5.69.